The van der Waals surface area contributed by atoms with Crippen LogP contribution in [-0.2, 0) is 9.16 Å². The van der Waals surface area contributed by atoms with Gasteiger partial charge in [0.15, 0.2) is 0 Å². The predicted octanol–water partition coefficient (Wildman–Crippen LogP) is 0.236. The van der Waals surface area contributed by atoms with Crippen LogP contribution in [-0.4, -0.2) is 55.6 Å². The highest BCUT2D eigenvalue weighted by Gasteiger charge is 2.27. The molecule has 98 valence electrons. The summed E-state index contributed by atoms with van der Waals surface area (Å²) in [6.45, 7) is 5.29. The lowest BCUT2D eigenvalue weighted by Crippen LogP contribution is -2.42. The monoisotopic (exact) mass is 252 g/mol. The van der Waals surface area contributed by atoms with E-state index in [4.69, 9.17) is 9.16 Å². The average Bonchev–Trinajstić information content (AvgIpc) is 2.16. The van der Waals surface area contributed by atoms with Crippen molar-refractivity contribution in [3.05, 3.63) is 0 Å². The fourth-order valence-corrected chi connectivity index (χ4v) is 2.01. The van der Waals surface area contributed by atoms with Crippen LogP contribution in [0.3, 0.4) is 0 Å². The van der Waals surface area contributed by atoms with E-state index in [1.807, 2.05) is 0 Å². The Hall–Kier alpha value is 0.0169. The van der Waals surface area contributed by atoms with E-state index in [0.29, 0.717) is 19.1 Å². The minimum absolute atomic E-state index is 0.0847. The van der Waals surface area contributed by atoms with E-state index in [0.717, 1.165) is 0 Å². The number of hydrogen-bond acceptors (Lipinski definition) is 5. The third-order valence-electron chi connectivity index (χ3n) is 2.66. The maximum Gasteiger partial charge on any atom is 0.332 e. The third-order valence-corrected chi connectivity index (χ3v) is 4.82. The summed E-state index contributed by atoms with van der Waals surface area (Å²) in [7, 11) is -0.982. The topological polar surface area (TPSA) is 79.2 Å². The average molecular weight is 252 g/mol. The lowest BCUT2D eigenvalue weighted by molar-refractivity contribution is -0.102. The molecule has 0 aromatic rings. The predicted molar refractivity (Wildman–Crippen MR) is 63.4 cm³/mol. The van der Waals surface area contributed by atoms with Gasteiger partial charge in [0.1, 0.15) is 5.60 Å². The van der Waals surface area contributed by atoms with Crippen LogP contribution in [0.5, 0.6) is 0 Å². The van der Waals surface area contributed by atoms with Crippen LogP contribution in [0.4, 0.5) is 0 Å². The summed E-state index contributed by atoms with van der Waals surface area (Å²) in [6.07, 6.45) is -0.146. The number of ether oxygens (including phenoxy) is 1. The van der Waals surface area contributed by atoms with Gasteiger partial charge in [0.2, 0.25) is 0 Å². The van der Waals surface area contributed by atoms with Gasteiger partial charge in [0.05, 0.1) is 12.7 Å². The van der Waals surface area contributed by atoms with Gasteiger partial charge in [-0.05, 0) is 32.9 Å². The Labute approximate surface area is 98.3 Å². The van der Waals surface area contributed by atoms with Crippen molar-refractivity contribution in [1.29, 1.82) is 0 Å². The summed E-state index contributed by atoms with van der Waals surface area (Å²) >= 11 is 0. The van der Waals surface area contributed by atoms with Crippen LogP contribution in [0.15, 0.2) is 0 Å². The van der Waals surface area contributed by atoms with Gasteiger partial charge in [-0.15, -0.1) is 0 Å². The first kappa shape index (κ1) is 16.0. The van der Waals surface area contributed by atoms with Crippen molar-refractivity contribution in [3.8, 4) is 0 Å². The molecule has 0 saturated heterocycles. The zero-order valence-electron chi connectivity index (χ0n) is 10.6. The summed E-state index contributed by atoms with van der Waals surface area (Å²) in [4.78, 5) is 9.64. The molecule has 0 saturated carbocycles. The standard InChI is InChI=1S/C10H24O5Si/c1-9(11)10(2,12)8-15-6-5-7-16(4,13)14-3/h9,11-13H,5-8H2,1-4H3. The first-order valence-electron chi connectivity index (χ1n) is 5.47. The van der Waals surface area contributed by atoms with Crippen molar-refractivity contribution < 1.29 is 24.2 Å². The molecular formula is C10H24O5Si. The maximum atomic E-state index is 9.66. The first-order chi connectivity index (χ1) is 7.21. The normalized spacial score (nSPS) is 21.2. The minimum atomic E-state index is -2.49. The highest BCUT2D eigenvalue weighted by atomic mass is 28.4. The SMILES string of the molecule is CO[Si](C)(O)CCCOCC(C)(O)C(C)O. The fourth-order valence-electron chi connectivity index (χ4n) is 1.00. The second-order valence-corrected chi connectivity index (χ2v) is 7.83. The van der Waals surface area contributed by atoms with Crippen LogP contribution >= 0.6 is 0 Å². The molecule has 0 heterocycles. The van der Waals surface area contributed by atoms with Crippen molar-refractivity contribution in [3.63, 3.8) is 0 Å². The molecule has 3 atom stereocenters. The maximum absolute atomic E-state index is 9.66. The van der Waals surface area contributed by atoms with Gasteiger partial charge in [-0.2, -0.15) is 0 Å². The molecule has 6 heteroatoms. The second kappa shape index (κ2) is 6.68. The van der Waals surface area contributed by atoms with Crippen LogP contribution in [0.1, 0.15) is 20.3 Å². The number of rotatable bonds is 8. The molecule has 0 aromatic heterocycles. The Kier molecular flexibility index (Phi) is 6.69. The van der Waals surface area contributed by atoms with Gasteiger partial charge in [-0.25, -0.2) is 0 Å². The number of hydrogen-bond donors (Lipinski definition) is 3. The van der Waals surface area contributed by atoms with E-state index in [-0.39, 0.29) is 6.61 Å². The quantitative estimate of drug-likeness (QED) is 0.426. The van der Waals surface area contributed by atoms with E-state index >= 15 is 0 Å². The van der Waals surface area contributed by atoms with E-state index in [9.17, 15) is 15.0 Å². The second-order valence-electron chi connectivity index (χ2n) is 4.57. The Morgan fingerprint density at radius 3 is 2.44 bits per heavy atom. The fraction of sp³-hybridized carbons (Fsp3) is 1.00. The Morgan fingerprint density at radius 2 is 2.00 bits per heavy atom. The zero-order chi connectivity index (χ0) is 12.8. The highest BCUT2D eigenvalue weighted by molar-refractivity contribution is 6.64. The summed E-state index contributed by atoms with van der Waals surface area (Å²) in [5.74, 6) is 0. The number of aliphatic hydroxyl groups is 2. The summed E-state index contributed by atoms with van der Waals surface area (Å²) in [5, 5.41) is 18.9. The highest BCUT2D eigenvalue weighted by Crippen LogP contribution is 2.12. The zero-order valence-corrected chi connectivity index (χ0v) is 11.6. The van der Waals surface area contributed by atoms with Gasteiger partial charge in [-0.3, -0.25) is 0 Å². The molecule has 0 radical (unpaired) electrons. The van der Waals surface area contributed by atoms with E-state index in [2.05, 4.69) is 0 Å². The largest absolute Gasteiger partial charge is 0.411 e. The Morgan fingerprint density at radius 1 is 1.44 bits per heavy atom. The molecule has 16 heavy (non-hydrogen) atoms. The summed E-state index contributed by atoms with van der Waals surface area (Å²) in [6, 6.07) is 0.598. The molecule has 3 unspecified atom stereocenters. The van der Waals surface area contributed by atoms with Crippen LogP contribution < -0.4 is 0 Å². The molecule has 3 N–H and O–H groups in total. The summed E-state index contributed by atoms with van der Waals surface area (Å²) in [5.41, 5.74) is -1.22. The molecule has 0 aromatic carbocycles. The molecular weight excluding hydrogens is 228 g/mol. The van der Waals surface area contributed by atoms with Gasteiger partial charge in [0, 0.05) is 13.7 Å². The third kappa shape index (κ3) is 6.57. The molecule has 0 aliphatic carbocycles. The van der Waals surface area contributed by atoms with Gasteiger partial charge >= 0.3 is 8.56 Å². The van der Waals surface area contributed by atoms with Crippen LogP contribution in [0.2, 0.25) is 12.6 Å². The van der Waals surface area contributed by atoms with E-state index in [1.54, 1.807) is 6.55 Å². The van der Waals surface area contributed by atoms with Gasteiger partial charge in [-0.1, -0.05) is 0 Å². The molecule has 5 nitrogen and oxygen atoms in total. The smallest absolute Gasteiger partial charge is 0.332 e. The number of aliphatic hydroxyl groups excluding tert-OH is 1. The molecule has 0 aliphatic heterocycles. The Balaban J connectivity index is 3.62. The van der Waals surface area contributed by atoms with Crippen molar-refractivity contribution in [2.24, 2.45) is 0 Å². The molecule has 0 fully saturated rings. The van der Waals surface area contributed by atoms with Crippen LogP contribution in [0, 0.1) is 0 Å². The first-order valence-corrected chi connectivity index (χ1v) is 8.03. The molecule has 0 spiro atoms. The summed E-state index contributed by atoms with van der Waals surface area (Å²) < 4.78 is 10.2. The Bertz CT molecular complexity index is 194. The lowest BCUT2D eigenvalue weighted by atomic mass is 10.0. The molecule has 0 aliphatic rings. The lowest BCUT2D eigenvalue weighted by Gasteiger charge is -2.26. The van der Waals surface area contributed by atoms with Crippen molar-refractivity contribution in [2.45, 2.75) is 44.6 Å². The molecule has 0 rings (SSSR count). The van der Waals surface area contributed by atoms with Crippen LogP contribution in [0.25, 0.3) is 0 Å². The minimum Gasteiger partial charge on any atom is -0.411 e. The van der Waals surface area contributed by atoms with E-state index in [1.165, 1.54) is 21.0 Å². The van der Waals surface area contributed by atoms with Gasteiger partial charge in [0.25, 0.3) is 0 Å². The van der Waals surface area contributed by atoms with Gasteiger partial charge < -0.3 is 24.2 Å². The van der Waals surface area contributed by atoms with Crippen molar-refractivity contribution in [1.82, 2.24) is 0 Å². The van der Waals surface area contributed by atoms with Crippen molar-refractivity contribution >= 4 is 8.56 Å². The van der Waals surface area contributed by atoms with E-state index < -0.39 is 20.3 Å². The van der Waals surface area contributed by atoms with Crippen molar-refractivity contribution in [2.75, 3.05) is 20.3 Å². The molecule has 0 bridgehead atoms. The molecule has 0 amide bonds.